The predicted octanol–water partition coefficient (Wildman–Crippen LogP) is 3.28. The smallest absolute Gasteiger partial charge is 0.355 e. The fourth-order valence-electron chi connectivity index (χ4n) is 1.59. The van der Waals surface area contributed by atoms with E-state index in [0.29, 0.717) is 5.39 Å². The Labute approximate surface area is 99.1 Å². The number of carbonyl (C=O) groups excluding carboxylic acids is 1. The van der Waals surface area contributed by atoms with Crippen molar-refractivity contribution < 1.29 is 18.0 Å². The summed E-state index contributed by atoms with van der Waals surface area (Å²) in [6, 6.07) is 3.85. The number of rotatable bonds is 1. The molecule has 6 heteroatoms. The predicted molar refractivity (Wildman–Crippen MR) is 60.2 cm³/mol. The molecule has 0 aliphatic rings. The van der Waals surface area contributed by atoms with Gasteiger partial charge in [0.1, 0.15) is 0 Å². The highest BCUT2D eigenvalue weighted by Crippen LogP contribution is 2.38. The van der Waals surface area contributed by atoms with Gasteiger partial charge in [-0.1, -0.05) is 12.1 Å². The van der Waals surface area contributed by atoms with Gasteiger partial charge < -0.3 is 5.32 Å². The second-order valence-corrected chi connectivity index (χ2v) is 4.29. The second kappa shape index (κ2) is 4.03. The summed E-state index contributed by atoms with van der Waals surface area (Å²) in [5.74, 6) is -0.379. The SMILES string of the molecule is CNC(=O)c1csc2c(C(F)(F)F)cccc12. The van der Waals surface area contributed by atoms with Gasteiger partial charge in [0.15, 0.2) is 0 Å². The summed E-state index contributed by atoms with van der Waals surface area (Å²) in [4.78, 5) is 11.5. The molecule has 0 saturated heterocycles. The summed E-state index contributed by atoms with van der Waals surface area (Å²) >= 11 is 0.930. The van der Waals surface area contributed by atoms with E-state index >= 15 is 0 Å². The Morgan fingerprint density at radius 3 is 2.65 bits per heavy atom. The van der Waals surface area contributed by atoms with Crippen molar-refractivity contribution in [3.8, 4) is 0 Å². The average Bonchev–Trinajstić information content (AvgIpc) is 2.69. The molecule has 0 aliphatic carbocycles. The van der Waals surface area contributed by atoms with Crippen molar-refractivity contribution in [3.05, 3.63) is 34.7 Å². The van der Waals surface area contributed by atoms with Crippen LogP contribution >= 0.6 is 11.3 Å². The van der Waals surface area contributed by atoms with Crippen LogP contribution in [0.2, 0.25) is 0 Å². The fraction of sp³-hybridized carbons (Fsp3) is 0.182. The maximum absolute atomic E-state index is 12.7. The summed E-state index contributed by atoms with van der Waals surface area (Å²) in [5, 5.41) is 4.18. The van der Waals surface area contributed by atoms with Gasteiger partial charge in [-0.05, 0) is 6.07 Å². The van der Waals surface area contributed by atoms with E-state index in [2.05, 4.69) is 5.32 Å². The Morgan fingerprint density at radius 2 is 2.06 bits per heavy atom. The molecule has 0 bridgehead atoms. The van der Waals surface area contributed by atoms with Crippen LogP contribution in [0.1, 0.15) is 15.9 Å². The van der Waals surface area contributed by atoms with E-state index in [0.717, 1.165) is 17.4 Å². The second-order valence-electron chi connectivity index (χ2n) is 3.41. The number of hydrogen-bond donors (Lipinski definition) is 1. The van der Waals surface area contributed by atoms with Crippen LogP contribution < -0.4 is 5.32 Å². The van der Waals surface area contributed by atoms with Gasteiger partial charge in [0.05, 0.1) is 11.1 Å². The normalized spacial score (nSPS) is 11.8. The van der Waals surface area contributed by atoms with E-state index in [1.54, 1.807) is 0 Å². The van der Waals surface area contributed by atoms with E-state index in [1.165, 1.54) is 24.6 Å². The lowest BCUT2D eigenvalue weighted by molar-refractivity contribution is -0.136. The van der Waals surface area contributed by atoms with Gasteiger partial charge >= 0.3 is 6.18 Å². The number of alkyl halides is 3. The van der Waals surface area contributed by atoms with Crippen LogP contribution in [0, 0.1) is 0 Å². The number of carbonyl (C=O) groups is 1. The third-order valence-electron chi connectivity index (χ3n) is 2.38. The lowest BCUT2D eigenvalue weighted by atomic mass is 10.1. The van der Waals surface area contributed by atoms with Crippen LogP contribution in [0.4, 0.5) is 13.2 Å². The maximum atomic E-state index is 12.7. The third-order valence-corrected chi connectivity index (χ3v) is 3.41. The standard InChI is InChI=1S/C11H8F3NOS/c1-15-10(16)7-5-17-9-6(7)3-2-4-8(9)11(12,13)14/h2-5H,1H3,(H,15,16). The summed E-state index contributed by atoms with van der Waals surface area (Å²) in [5.41, 5.74) is -0.422. The molecule has 1 aromatic carbocycles. The van der Waals surface area contributed by atoms with E-state index in [-0.39, 0.29) is 16.2 Å². The minimum Gasteiger partial charge on any atom is -0.355 e. The highest BCUT2D eigenvalue weighted by atomic mass is 32.1. The Morgan fingerprint density at radius 1 is 1.35 bits per heavy atom. The summed E-state index contributed by atoms with van der Waals surface area (Å²) in [6.07, 6.45) is -4.40. The molecule has 2 nitrogen and oxygen atoms in total. The van der Waals surface area contributed by atoms with E-state index in [4.69, 9.17) is 0 Å². The van der Waals surface area contributed by atoms with Crippen molar-refractivity contribution >= 4 is 27.3 Å². The van der Waals surface area contributed by atoms with Crippen molar-refractivity contribution in [2.45, 2.75) is 6.18 Å². The molecular formula is C11H8F3NOS. The lowest BCUT2D eigenvalue weighted by Crippen LogP contribution is -2.17. The first kappa shape index (κ1) is 11.9. The number of fused-ring (bicyclic) bond motifs is 1. The van der Waals surface area contributed by atoms with Crippen LogP contribution in [0.15, 0.2) is 23.6 Å². The van der Waals surface area contributed by atoms with E-state index in [9.17, 15) is 18.0 Å². The average molecular weight is 259 g/mol. The minimum absolute atomic E-state index is 0.0959. The van der Waals surface area contributed by atoms with Gasteiger partial charge in [0.2, 0.25) is 0 Å². The molecule has 0 fully saturated rings. The topological polar surface area (TPSA) is 29.1 Å². The van der Waals surface area contributed by atoms with E-state index in [1.807, 2.05) is 0 Å². The van der Waals surface area contributed by atoms with Crippen molar-refractivity contribution in [3.63, 3.8) is 0 Å². The van der Waals surface area contributed by atoms with Crippen LogP contribution in [-0.4, -0.2) is 13.0 Å². The number of thiophene rings is 1. The first-order valence-corrected chi connectivity index (χ1v) is 5.62. The molecule has 0 unspecified atom stereocenters. The Bertz CT molecular complexity index is 574. The van der Waals surface area contributed by atoms with Gasteiger partial charge in [-0.2, -0.15) is 13.2 Å². The first-order valence-electron chi connectivity index (χ1n) is 4.74. The molecule has 90 valence electrons. The summed E-state index contributed by atoms with van der Waals surface area (Å²) in [6.45, 7) is 0. The molecule has 17 heavy (non-hydrogen) atoms. The summed E-state index contributed by atoms with van der Waals surface area (Å²) in [7, 11) is 1.44. The van der Waals surface area contributed by atoms with Gasteiger partial charge in [0.25, 0.3) is 5.91 Å². The molecule has 0 radical (unpaired) electrons. The van der Waals surface area contributed by atoms with Crippen molar-refractivity contribution in [2.24, 2.45) is 0 Å². The van der Waals surface area contributed by atoms with E-state index < -0.39 is 11.7 Å². The largest absolute Gasteiger partial charge is 0.417 e. The van der Waals surface area contributed by atoms with Crippen LogP contribution in [-0.2, 0) is 6.18 Å². The molecule has 1 heterocycles. The van der Waals surface area contributed by atoms with Crippen molar-refractivity contribution in [1.82, 2.24) is 5.32 Å². The van der Waals surface area contributed by atoms with Gasteiger partial charge in [-0.3, -0.25) is 4.79 Å². The van der Waals surface area contributed by atoms with Crippen LogP contribution in [0.5, 0.6) is 0 Å². The molecule has 0 atom stereocenters. The maximum Gasteiger partial charge on any atom is 0.417 e. The van der Waals surface area contributed by atoms with Gasteiger partial charge in [-0.15, -0.1) is 11.3 Å². The molecule has 1 amide bonds. The molecule has 1 N–H and O–H groups in total. The zero-order valence-electron chi connectivity index (χ0n) is 8.76. The molecule has 0 spiro atoms. The molecular weight excluding hydrogens is 251 g/mol. The monoisotopic (exact) mass is 259 g/mol. The highest BCUT2D eigenvalue weighted by Gasteiger charge is 2.33. The van der Waals surface area contributed by atoms with Crippen LogP contribution in [0.25, 0.3) is 10.1 Å². The zero-order valence-corrected chi connectivity index (χ0v) is 9.58. The third kappa shape index (κ3) is 2.00. The van der Waals surface area contributed by atoms with Gasteiger partial charge in [0, 0.05) is 22.5 Å². The lowest BCUT2D eigenvalue weighted by Gasteiger charge is -2.07. The number of hydrogen-bond acceptors (Lipinski definition) is 2. The summed E-state index contributed by atoms with van der Waals surface area (Å²) < 4.78 is 38.2. The molecule has 1 aromatic heterocycles. The molecule has 2 aromatic rings. The number of amides is 1. The molecule has 0 aliphatic heterocycles. The molecule has 2 rings (SSSR count). The zero-order chi connectivity index (χ0) is 12.6. The van der Waals surface area contributed by atoms with Crippen molar-refractivity contribution in [2.75, 3.05) is 7.05 Å². The quantitative estimate of drug-likeness (QED) is 0.836. The Balaban J connectivity index is 2.69. The fourth-order valence-corrected chi connectivity index (χ4v) is 2.68. The van der Waals surface area contributed by atoms with Gasteiger partial charge in [-0.25, -0.2) is 0 Å². The molecule has 0 saturated carbocycles. The van der Waals surface area contributed by atoms with Crippen LogP contribution in [0.3, 0.4) is 0 Å². The highest BCUT2D eigenvalue weighted by molar-refractivity contribution is 7.17. The van der Waals surface area contributed by atoms with Crippen molar-refractivity contribution in [1.29, 1.82) is 0 Å². The number of halogens is 3. The Hall–Kier alpha value is -1.56. The Kier molecular flexibility index (Phi) is 2.82. The number of benzene rings is 1. The first-order chi connectivity index (χ1) is 7.95. The number of nitrogens with one attached hydrogen (secondary N) is 1. The minimum atomic E-state index is -4.40.